The van der Waals surface area contributed by atoms with Crippen LogP contribution in [0.2, 0.25) is 0 Å². The average molecular weight is 378 g/mol. The Morgan fingerprint density at radius 3 is 2.15 bits per heavy atom. The summed E-state index contributed by atoms with van der Waals surface area (Å²) in [7, 11) is 0. The van der Waals surface area contributed by atoms with Gasteiger partial charge in [-0.05, 0) is 57.3 Å². The van der Waals surface area contributed by atoms with E-state index >= 15 is 0 Å². The lowest BCUT2D eigenvalue weighted by Gasteiger charge is -2.50. The van der Waals surface area contributed by atoms with Crippen molar-refractivity contribution in [1.29, 1.82) is 0 Å². The number of piperazine rings is 1. The highest BCUT2D eigenvalue weighted by atomic mass is 35.5. The largest absolute Gasteiger partial charge is 0.303 e. The van der Waals surface area contributed by atoms with Crippen LogP contribution in [0.1, 0.15) is 50.5 Å². The fourth-order valence-electron chi connectivity index (χ4n) is 5.28. The number of halogens is 1. The molecule has 3 nitrogen and oxygen atoms in total. The summed E-state index contributed by atoms with van der Waals surface area (Å²) in [5.74, 6) is 0. The summed E-state index contributed by atoms with van der Waals surface area (Å²) in [6, 6.07) is 12.6. The maximum Gasteiger partial charge on any atom is 0.0235 e. The predicted octanol–water partition coefficient (Wildman–Crippen LogP) is 4.02. The fourth-order valence-corrected chi connectivity index (χ4v) is 5.28. The second kappa shape index (κ2) is 10.1. The Kier molecular flexibility index (Phi) is 7.80. The summed E-state index contributed by atoms with van der Waals surface area (Å²) in [6.07, 6.45) is 9.91. The van der Waals surface area contributed by atoms with Crippen molar-refractivity contribution in [3.8, 4) is 0 Å². The third-order valence-electron chi connectivity index (χ3n) is 6.54. The number of piperidine rings is 2. The number of hydrogen-bond acceptors (Lipinski definition) is 3. The zero-order valence-electron chi connectivity index (χ0n) is 16.2. The van der Waals surface area contributed by atoms with E-state index in [2.05, 4.69) is 45.0 Å². The number of hydrogen-bond donors (Lipinski definition) is 0. The Morgan fingerprint density at radius 2 is 1.46 bits per heavy atom. The lowest BCUT2D eigenvalue weighted by atomic mass is 9.90. The third-order valence-corrected chi connectivity index (χ3v) is 6.54. The van der Waals surface area contributed by atoms with Gasteiger partial charge >= 0.3 is 0 Å². The highest BCUT2D eigenvalue weighted by Gasteiger charge is 2.36. The molecule has 3 heterocycles. The van der Waals surface area contributed by atoms with Crippen molar-refractivity contribution in [1.82, 2.24) is 14.7 Å². The molecule has 0 amide bonds. The van der Waals surface area contributed by atoms with Gasteiger partial charge in [0.2, 0.25) is 0 Å². The first-order valence-corrected chi connectivity index (χ1v) is 10.6. The lowest BCUT2D eigenvalue weighted by Crippen LogP contribution is -2.60. The molecule has 2 bridgehead atoms. The van der Waals surface area contributed by atoms with Crippen molar-refractivity contribution < 1.29 is 0 Å². The van der Waals surface area contributed by atoms with Gasteiger partial charge in [-0.2, -0.15) is 0 Å². The van der Waals surface area contributed by atoms with E-state index in [4.69, 9.17) is 0 Å². The first kappa shape index (κ1) is 20.1. The van der Waals surface area contributed by atoms with Gasteiger partial charge in [-0.3, -0.25) is 9.80 Å². The fraction of sp³-hybridized carbons (Fsp3) is 0.727. The molecule has 146 valence electrons. The van der Waals surface area contributed by atoms with Gasteiger partial charge in [0, 0.05) is 38.3 Å². The summed E-state index contributed by atoms with van der Waals surface area (Å²) in [5, 5.41) is 0. The zero-order valence-corrected chi connectivity index (χ0v) is 17.0. The SMILES string of the molecule is Cl.c1ccc(CN2CC3CCCC(C2)N3CCCN2CCCCC2)cc1. The molecular formula is C22H36ClN3. The van der Waals surface area contributed by atoms with Crippen LogP contribution in [-0.2, 0) is 6.54 Å². The minimum Gasteiger partial charge on any atom is -0.303 e. The molecule has 0 spiro atoms. The second-order valence-corrected chi connectivity index (χ2v) is 8.41. The van der Waals surface area contributed by atoms with Gasteiger partial charge in [0.25, 0.3) is 0 Å². The molecule has 26 heavy (non-hydrogen) atoms. The van der Waals surface area contributed by atoms with Crippen molar-refractivity contribution in [2.75, 3.05) is 39.3 Å². The van der Waals surface area contributed by atoms with Crippen LogP contribution in [0.15, 0.2) is 30.3 Å². The van der Waals surface area contributed by atoms with Crippen LogP contribution in [0.4, 0.5) is 0 Å². The van der Waals surface area contributed by atoms with Gasteiger partial charge in [0.1, 0.15) is 0 Å². The van der Waals surface area contributed by atoms with Crippen LogP contribution in [0.3, 0.4) is 0 Å². The zero-order chi connectivity index (χ0) is 16.9. The maximum absolute atomic E-state index is 2.88. The quantitative estimate of drug-likeness (QED) is 0.741. The Labute approximate surface area is 166 Å². The van der Waals surface area contributed by atoms with Crippen molar-refractivity contribution in [3.63, 3.8) is 0 Å². The van der Waals surface area contributed by atoms with Crippen LogP contribution in [0.25, 0.3) is 0 Å². The summed E-state index contributed by atoms with van der Waals surface area (Å²) in [4.78, 5) is 8.30. The first-order valence-electron chi connectivity index (χ1n) is 10.6. The number of benzene rings is 1. The minimum atomic E-state index is 0. The smallest absolute Gasteiger partial charge is 0.0235 e. The third kappa shape index (κ3) is 5.22. The molecule has 3 aliphatic heterocycles. The molecule has 0 N–H and O–H groups in total. The lowest BCUT2D eigenvalue weighted by molar-refractivity contribution is -0.0142. The first-order chi connectivity index (χ1) is 12.4. The Morgan fingerprint density at radius 1 is 0.769 bits per heavy atom. The molecule has 1 aromatic carbocycles. The molecule has 2 atom stereocenters. The highest BCUT2D eigenvalue weighted by molar-refractivity contribution is 5.85. The number of rotatable bonds is 6. The molecule has 0 aromatic heterocycles. The van der Waals surface area contributed by atoms with Crippen LogP contribution >= 0.6 is 12.4 Å². The molecule has 3 saturated heterocycles. The predicted molar refractivity (Wildman–Crippen MR) is 112 cm³/mol. The molecule has 0 saturated carbocycles. The van der Waals surface area contributed by atoms with Gasteiger partial charge in [0.15, 0.2) is 0 Å². The van der Waals surface area contributed by atoms with E-state index in [0.29, 0.717) is 0 Å². The van der Waals surface area contributed by atoms with Gasteiger partial charge in [0.05, 0.1) is 0 Å². The Hall–Kier alpha value is -0.610. The van der Waals surface area contributed by atoms with E-state index < -0.39 is 0 Å². The van der Waals surface area contributed by atoms with Crippen LogP contribution in [0.5, 0.6) is 0 Å². The van der Waals surface area contributed by atoms with Gasteiger partial charge < -0.3 is 4.90 Å². The van der Waals surface area contributed by atoms with E-state index in [1.54, 1.807) is 0 Å². The Balaban J connectivity index is 0.00000196. The second-order valence-electron chi connectivity index (χ2n) is 8.41. The molecule has 3 aliphatic rings. The van der Waals surface area contributed by atoms with Crippen molar-refractivity contribution in [2.24, 2.45) is 0 Å². The number of fused-ring (bicyclic) bond motifs is 2. The standard InChI is InChI=1S/C22H35N3.ClH/c1-3-9-20(10-4-1)17-24-18-21-11-7-12-22(19-24)25(21)16-8-15-23-13-5-2-6-14-23;/h1,3-4,9-10,21-22H,2,5-8,11-19H2;1H. The van der Waals surface area contributed by atoms with E-state index in [0.717, 1.165) is 18.6 Å². The summed E-state index contributed by atoms with van der Waals surface area (Å²) >= 11 is 0. The topological polar surface area (TPSA) is 9.72 Å². The van der Waals surface area contributed by atoms with Crippen molar-refractivity contribution in [3.05, 3.63) is 35.9 Å². The molecule has 4 heteroatoms. The molecule has 3 fully saturated rings. The Bertz CT molecular complexity index is 503. The molecule has 4 rings (SSSR count). The van der Waals surface area contributed by atoms with E-state index in [1.807, 2.05) is 0 Å². The van der Waals surface area contributed by atoms with Crippen LogP contribution in [0, 0.1) is 0 Å². The molecule has 0 radical (unpaired) electrons. The van der Waals surface area contributed by atoms with E-state index in [1.165, 1.54) is 89.8 Å². The molecular weight excluding hydrogens is 342 g/mol. The number of likely N-dealkylation sites (tertiary alicyclic amines) is 2. The minimum absolute atomic E-state index is 0. The summed E-state index contributed by atoms with van der Waals surface area (Å²) in [5.41, 5.74) is 1.47. The molecule has 1 aromatic rings. The van der Waals surface area contributed by atoms with Gasteiger partial charge in [-0.1, -0.05) is 43.2 Å². The van der Waals surface area contributed by atoms with E-state index in [9.17, 15) is 0 Å². The molecule has 0 aliphatic carbocycles. The van der Waals surface area contributed by atoms with Gasteiger partial charge in [-0.15, -0.1) is 12.4 Å². The number of nitrogens with zero attached hydrogens (tertiary/aromatic N) is 3. The monoisotopic (exact) mass is 377 g/mol. The van der Waals surface area contributed by atoms with Crippen molar-refractivity contribution in [2.45, 2.75) is 63.6 Å². The molecule has 2 unspecified atom stereocenters. The average Bonchev–Trinajstić information content (AvgIpc) is 2.64. The van der Waals surface area contributed by atoms with Crippen LogP contribution in [-0.4, -0.2) is 66.1 Å². The van der Waals surface area contributed by atoms with E-state index in [-0.39, 0.29) is 12.4 Å². The maximum atomic E-state index is 2.88. The summed E-state index contributed by atoms with van der Waals surface area (Å²) in [6.45, 7) is 9.02. The summed E-state index contributed by atoms with van der Waals surface area (Å²) < 4.78 is 0. The highest BCUT2D eigenvalue weighted by Crippen LogP contribution is 2.29. The van der Waals surface area contributed by atoms with Crippen LogP contribution < -0.4 is 0 Å². The van der Waals surface area contributed by atoms with Crippen molar-refractivity contribution >= 4 is 12.4 Å². The van der Waals surface area contributed by atoms with Gasteiger partial charge in [-0.25, -0.2) is 0 Å². The normalized spacial score (nSPS) is 27.8.